The lowest BCUT2D eigenvalue weighted by Crippen LogP contribution is -1.84. The van der Waals surface area contributed by atoms with Gasteiger partial charge in [-0.3, -0.25) is 0 Å². The Morgan fingerprint density at radius 2 is 1.93 bits per heavy atom. The van der Waals surface area contributed by atoms with E-state index in [9.17, 15) is 8.78 Å². The van der Waals surface area contributed by atoms with Gasteiger partial charge < -0.3 is 0 Å². The molecule has 0 aliphatic heterocycles. The summed E-state index contributed by atoms with van der Waals surface area (Å²) in [6.45, 7) is 0. The van der Waals surface area contributed by atoms with E-state index in [1.165, 1.54) is 30.3 Å². The molecule has 0 aliphatic carbocycles. The lowest BCUT2D eigenvalue weighted by Gasteiger charge is -2.02. The fraction of sp³-hybridized carbons (Fsp3) is 0. The summed E-state index contributed by atoms with van der Waals surface area (Å²) in [5, 5.41) is 0. The van der Waals surface area contributed by atoms with Gasteiger partial charge in [-0.25, -0.2) is 8.78 Å². The van der Waals surface area contributed by atoms with Gasteiger partial charge in [0.15, 0.2) is 0 Å². The molecule has 2 heteroatoms. The van der Waals surface area contributed by atoms with Crippen molar-refractivity contribution in [1.29, 1.82) is 0 Å². The van der Waals surface area contributed by atoms with Gasteiger partial charge in [-0.15, -0.1) is 0 Å². The first-order valence-electron chi connectivity index (χ1n) is 4.19. The molecule has 69 valence electrons. The van der Waals surface area contributed by atoms with Crippen LogP contribution in [0.2, 0.25) is 0 Å². The van der Waals surface area contributed by atoms with Crippen molar-refractivity contribution in [3.63, 3.8) is 0 Å². The summed E-state index contributed by atoms with van der Waals surface area (Å²) < 4.78 is 26.1. The van der Waals surface area contributed by atoms with Gasteiger partial charge in [-0.1, -0.05) is 18.2 Å². The molecule has 0 fully saturated rings. The first-order chi connectivity index (χ1) is 6.77. The molecular formula is C12H7F2. The van der Waals surface area contributed by atoms with Gasteiger partial charge in [0, 0.05) is 5.56 Å². The van der Waals surface area contributed by atoms with Crippen LogP contribution >= 0.6 is 0 Å². The van der Waals surface area contributed by atoms with Crippen LogP contribution in [-0.4, -0.2) is 0 Å². The van der Waals surface area contributed by atoms with E-state index in [2.05, 4.69) is 6.07 Å². The van der Waals surface area contributed by atoms with E-state index in [1.54, 1.807) is 12.1 Å². The molecule has 14 heavy (non-hydrogen) atoms. The Hall–Kier alpha value is -1.70. The molecule has 0 bridgehead atoms. The molecule has 0 amide bonds. The van der Waals surface area contributed by atoms with Crippen molar-refractivity contribution in [1.82, 2.24) is 0 Å². The van der Waals surface area contributed by atoms with E-state index in [4.69, 9.17) is 0 Å². The summed E-state index contributed by atoms with van der Waals surface area (Å²) in [5.74, 6) is -0.736. The average Bonchev–Trinajstić information content (AvgIpc) is 2.18. The molecule has 0 aromatic heterocycles. The van der Waals surface area contributed by atoms with E-state index in [0.29, 0.717) is 11.1 Å². The summed E-state index contributed by atoms with van der Waals surface area (Å²) in [4.78, 5) is 0. The van der Waals surface area contributed by atoms with Crippen LogP contribution in [0.5, 0.6) is 0 Å². The monoisotopic (exact) mass is 189 g/mol. The summed E-state index contributed by atoms with van der Waals surface area (Å²) >= 11 is 0. The molecule has 2 aromatic rings. The Balaban J connectivity index is 2.55. The SMILES string of the molecule is Fc1cccc(-c2c[c]ccc2F)c1. The topological polar surface area (TPSA) is 0 Å². The van der Waals surface area contributed by atoms with E-state index in [-0.39, 0.29) is 11.6 Å². The van der Waals surface area contributed by atoms with Crippen molar-refractivity contribution in [3.05, 3.63) is 60.2 Å². The van der Waals surface area contributed by atoms with Gasteiger partial charge in [0.25, 0.3) is 0 Å². The number of hydrogen-bond acceptors (Lipinski definition) is 0. The molecule has 2 aromatic carbocycles. The van der Waals surface area contributed by atoms with Crippen LogP contribution in [0.3, 0.4) is 0 Å². The fourth-order valence-electron chi connectivity index (χ4n) is 1.29. The van der Waals surface area contributed by atoms with Crippen molar-refractivity contribution < 1.29 is 8.78 Å². The van der Waals surface area contributed by atoms with Gasteiger partial charge in [0.2, 0.25) is 0 Å². The van der Waals surface area contributed by atoms with E-state index >= 15 is 0 Å². The number of hydrogen-bond donors (Lipinski definition) is 0. The third-order valence-corrected chi connectivity index (χ3v) is 1.95. The molecule has 0 atom stereocenters. The zero-order valence-electron chi connectivity index (χ0n) is 7.30. The van der Waals surface area contributed by atoms with Crippen LogP contribution in [0.25, 0.3) is 11.1 Å². The lowest BCUT2D eigenvalue weighted by atomic mass is 10.1. The van der Waals surface area contributed by atoms with E-state index in [1.807, 2.05) is 0 Å². The molecule has 0 nitrogen and oxygen atoms in total. The molecular weight excluding hydrogens is 182 g/mol. The molecule has 0 spiro atoms. The molecule has 0 saturated heterocycles. The summed E-state index contributed by atoms with van der Waals surface area (Å²) in [5.41, 5.74) is 0.895. The average molecular weight is 189 g/mol. The van der Waals surface area contributed by atoms with E-state index < -0.39 is 0 Å². The summed E-state index contributed by atoms with van der Waals surface area (Å²) in [7, 11) is 0. The van der Waals surface area contributed by atoms with Crippen LogP contribution in [0.1, 0.15) is 0 Å². The van der Waals surface area contributed by atoms with Crippen LogP contribution < -0.4 is 0 Å². The lowest BCUT2D eigenvalue weighted by molar-refractivity contribution is 0.624. The third-order valence-electron chi connectivity index (χ3n) is 1.95. The Bertz CT molecular complexity index is 450. The second-order valence-electron chi connectivity index (χ2n) is 2.92. The Kier molecular flexibility index (Phi) is 2.27. The maximum Gasteiger partial charge on any atom is 0.131 e. The quantitative estimate of drug-likeness (QED) is 0.644. The molecule has 0 heterocycles. The Morgan fingerprint density at radius 1 is 1.07 bits per heavy atom. The highest BCUT2D eigenvalue weighted by Crippen LogP contribution is 2.22. The van der Waals surface area contributed by atoms with Gasteiger partial charge in [0.05, 0.1) is 0 Å². The van der Waals surface area contributed by atoms with Gasteiger partial charge in [-0.05, 0) is 35.9 Å². The van der Waals surface area contributed by atoms with Crippen molar-refractivity contribution in [3.8, 4) is 11.1 Å². The second-order valence-corrected chi connectivity index (χ2v) is 2.92. The van der Waals surface area contributed by atoms with Crippen LogP contribution in [0.4, 0.5) is 8.78 Å². The third kappa shape index (κ3) is 1.64. The predicted molar refractivity (Wildman–Crippen MR) is 50.6 cm³/mol. The minimum atomic E-state index is -0.370. The maximum absolute atomic E-state index is 13.3. The number of rotatable bonds is 1. The highest BCUT2D eigenvalue weighted by molar-refractivity contribution is 5.63. The molecule has 0 aliphatic rings. The van der Waals surface area contributed by atoms with Crippen molar-refractivity contribution >= 4 is 0 Å². The maximum atomic E-state index is 13.3. The molecule has 2 rings (SSSR count). The number of halogens is 2. The van der Waals surface area contributed by atoms with Gasteiger partial charge in [-0.2, -0.15) is 0 Å². The zero-order chi connectivity index (χ0) is 9.97. The predicted octanol–water partition coefficient (Wildman–Crippen LogP) is 3.43. The highest BCUT2D eigenvalue weighted by atomic mass is 19.1. The largest absolute Gasteiger partial charge is 0.207 e. The highest BCUT2D eigenvalue weighted by Gasteiger charge is 2.03. The minimum absolute atomic E-state index is 0.366. The Labute approximate surface area is 80.8 Å². The molecule has 0 N–H and O–H groups in total. The minimum Gasteiger partial charge on any atom is -0.207 e. The molecule has 0 unspecified atom stereocenters. The molecule has 1 radical (unpaired) electrons. The summed E-state index contributed by atoms with van der Waals surface area (Å²) in [6, 6.07) is 12.9. The smallest absolute Gasteiger partial charge is 0.131 e. The van der Waals surface area contributed by atoms with Crippen molar-refractivity contribution in [2.24, 2.45) is 0 Å². The first-order valence-corrected chi connectivity index (χ1v) is 4.19. The van der Waals surface area contributed by atoms with Gasteiger partial charge >= 0.3 is 0 Å². The Morgan fingerprint density at radius 3 is 2.64 bits per heavy atom. The fourth-order valence-corrected chi connectivity index (χ4v) is 1.29. The normalized spacial score (nSPS) is 10.1. The van der Waals surface area contributed by atoms with Gasteiger partial charge in [0.1, 0.15) is 11.6 Å². The molecule has 0 saturated carbocycles. The van der Waals surface area contributed by atoms with Crippen LogP contribution in [0.15, 0.2) is 42.5 Å². The first kappa shape index (κ1) is 8.88. The second kappa shape index (κ2) is 3.58. The standard InChI is InChI=1S/C12H7F2/c13-10-5-3-4-9(8-10)11-6-1-2-7-12(11)14/h2-8H. The number of benzene rings is 2. The van der Waals surface area contributed by atoms with Crippen molar-refractivity contribution in [2.45, 2.75) is 0 Å². The summed E-state index contributed by atoms with van der Waals surface area (Å²) in [6.07, 6.45) is 0. The zero-order valence-corrected chi connectivity index (χ0v) is 7.30. The van der Waals surface area contributed by atoms with Crippen molar-refractivity contribution in [2.75, 3.05) is 0 Å². The van der Waals surface area contributed by atoms with E-state index in [0.717, 1.165) is 0 Å². The van der Waals surface area contributed by atoms with Crippen LogP contribution in [0, 0.1) is 17.7 Å². The van der Waals surface area contributed by atoms with Crippen LogP contribution in [-0.2, 0) is 0 Å².